The highest BCUT2D eigenvalue weighted by Gasteiger charge is 2.30. The summed E-state index contributed by atoms with van der Waals surface area (Å²) < 4.78 is 4.61. The van der Waals surface area contributed by atoms with Gasteiger partial charge >= 0.3 is 5.97 Å². The van der Waals surface area contributed by atoms with Gasteiger partial charge in [0.2, 0.25) is 0 Å². The summed E-state index contributed by atoms with van der Waals surface area (Å²) in [5.41, 5.74) is 0. The number of esters is 1. The van der Waals surface area contributed by atoms with Crippen molar-refractivity contribution < 1.29 is 9.53 Å². The Morgan fingerprint density at radius 2 is 2.20 bits per heavy atom. The van der Waals surface area contributed by atoms with Crippen LogP contribution in [0.1, 0.15) is 39.5 Å². The third kappa shape index (κ3) is 3.49. The van der Waals surface area contributed by atoms with Gasteiger partial charge in [-0.1, -0.05) is 20.3 Å². The molecule has 3 unspecified atom stereocenters. The first kappa shape index (κ1) is 12.5. The second-order valence-electron chi connectivity index (χ2n) is 4.49. The van der Waals surface area contributed by atoms with E-state index in [-0.39, 0.29) is 5.97 Å². The van der Waals surface area contributed by atoms with Crippen molar-refractivity contribution in [2.24, 2.45) is 11.8 Å². The Morgan fingerprint density at radius 1 is 1.47 bits per heavy atom. The van der Waals surface area contributed by atoms with Crippen molar-refractivity contribution in [2.75, 3.05) is 13.7 Å². The summed E-state index contributed by atoms with van der Waals surface area (Å²) in [4.78, 5) is 10.9. The standard InChI is InChI=1S/C12H23NO2/c1-4-10-5-6-11(9(10)2)13-8-7-12(14)15-3/h9-11,13H,4-8H2,1-3H3. The third-order valence-electron chi connectivity index (χ3n) is 3.71. The molecule has 1 aliphatic rings. The van der Waals surface area contributed by atoms with E-state index in [0.29, 0.717) is 12.5 Å². The van der Waals surface area contributed by atoms with E-state index < -0.39 is 0 Å². The number of hydrogen-bond acceptors (Lipinski definition) is 3. The predicted molar refractivity (Wildman–Crippen MR) is 60.6 cm³/mol. The monoisotopic (exact) mass is 213 g/mol. The van der Waals surface area contributed by atoms with Crippen molar-refractivity contribution in [1.82, 2.24) is 5.32 Å². The van der Waals surface area contributed by atoms with Crippen LogP contribution in [-0.2, 0) is 9.53 Å². The molecule has 0 saturated heterocycles. The van der Waals surface area contributed by atoms with Gasteiger partial charge in [-0.15, -0.1) is 0 Å². The van der Waals surface area contributed by atoms with E-state index in [0.717, 1.165) is 18.4 Å². The summed E-state index contributed by atoms with van der Waals surface area (Å²) >= 11 is 0. The van der Waals surface area contributed by atoms with Gasteiger partial charge in [0.25, 0.3) is 0 Å². The molecule has 1 N–H and O–H groups in total. The minimum Gasteiger partial charge on any atom is -0.469 e. The maximum atomic E-state index is 10.9. The lowest BCUT2D eigenvalue weighted by atomic mass is 9.93. The Morgan fingerprint density at radius 3 is 2.73 bits per heavy atom. The molecule has 1 fully saturated rings. The molecule has 0 aliphatic heterocycles. The Labute approximate surface area is 92.6 Å². The highest BCUT2D eigenvalue weighted by atomic mass is 16.5. The van der Waals surface area contributed by atoms with Gasteiger partial charge < -0.3 is 10.1 Å². The Balaban J connectivity index is 2.20. The summed E-state index contributed by atoms with van der Waals surface area (Å²) in [6.07, 6.45) is 4.33. The molecule has 0 bridgehead atoms. The lowest BCUT2D eigenvalue weighted by Crippen LogP contribution is -2.34. The fourth-order valence-corrected chi connectivity index (χ4v) is 2.57. The first-order chi connectivity index (χ1) is 7.19. The second kappa shape index (κ2) is 6.11. The van der Waals surface area contributed by atoms with Crippen molar-refractivity contribution in [3.63, 3.8) is 0 Å². The van der Waals surface area contributed by atoms with Crippen LogP contribution in [0.3, 0.4) is 0 Å². The molecule has 0 radical (unpaired) electrons. The van der Waals surface area contributed by atoms with E-state index in [1.807, 2.05) is 0 Å². The zero-order chi connectivity index (χ0) is 11.3. The minimum absolute atomic E-state index is 0.125. The third-order valence-corrected chi connectivity index (χ3v) is 3.71. The van der Waals surface area contributed by atoms with Crippen LogP contribution in [0.25, 0.3) is 0 Å². The number of rotatable bonds is 5. The van der Waals surface area contributed by atoms with Crippen molar-refractivity contribution in [2.45, 2.75) is 45.6 Å². The topological polar surface area (TPSA) is 38.3 Å². The fourth-order valence-electron chi connectivity index (χ4n) is 2.57. The van der Waals surface area contributed by atoms with E-state index in [9.17, 15) is 4.79 Å². The molecular formula is C12H23NO2. The average Bonchev–Trinajstić information content (AvgIpc) is 2.60. The number of carbonyl (C=O) groups is 1. The van der Waals surface area contributed by atoms with Crippen molar-refractivity contribution >= 4 is 5.97 Å². The van der Waals surface area contributed by atoms with Crippen molar-refractivity contribution in [3.05, 3.63) is 0 Å². The van der Waals surface area contributed by atoms with Gasteiger partial charge in [0.05, 0.1) is 13.5 Å². The normalized spacial score (nSPS) is 30.5. The van der Waals surface area contributed by atoms with Gasteiger partial charge in [0.1, 0.15) is 0 Å². The fraction of sp³-hybridized carbons (Fsp3) is 0.917. The number of nitrogens with one attached hydrogen (secondary N) is 1. The first-order valence-corrected chi connectivity index (χ1v) is 5.99. The van der Waals surface area contributed by atoms with E-state index in [4.69, 9.17) is 0 Å². The van der Waals surface area contributed by atoms with Crippen LogP contribution >= 0.6 is 0 Å². The number of ether oxygens (including phenoxy) is 1. The van der Waals surface area contributed by atoms with Crippen LogP contribution in [-0.4, -0.2) is 25.7 Å². The summed E-state index contributed by atoms with van der Waals surface area (Å²) in [7, 11) is 1.44. The smallest absolute Gasteiger partial charge is 0.306 e. The Kier molecular flexibility index (Phi) is 5.09. The van der Waals surface area contributed by atoms with E-state index in [1.165, 1.54) is 26.4 Å². The number of hydrogen-bond donors (Lipinski definition) is 1. The van der Waals surface area contributed by atoms with Gasteiger partial charge in [0, 0.05) is 12.6 Å². The molecule has 88 valence electrons. The molecule has 0 heterocycles. The molecular weight excluding hydrogens is 190 g/mol. The quantitative estimate of drug-likeness (QED) is 0.709. The molecule has 15 heavy (non-hydrogen) atoms. The average molecular weight is 213 g/mol. The minimum atomic E-state index is -0.125. The summed E-state index contributed by atoms with van der Waals surface area (Å²) in [6, 6.07) is 0.597. The molecule has 3 nitrogen and oxygen atoms in total. The van der Waals surface area contributed by atoms with Crippen LogP contribution in [0.15, 0.2) is 0 Å². The van der Waals surface area contributed by atoms with E-state index in [2.05, 4.69) is 23.9 Å². The van der Waals surface area contributed by atoms with Gasteiger partial charge in [-0.2, -0.15) is 0 Å². The zero-order valence-electron chi connectivity index (χ0n) is 10.1. The largest absolute Gasteiger partial charge is 0.469 e. The molecule has 3 heteroatoms. The summed E-state index contributed by atoms with van der Waals surface area (Å²) in [5.74, 6) is 1.48. The predicted octanol–water partition coefficient (Wildman–Crippen LogP) is 1.96. The van der Waals surface area contributed by atoms with Gasteiger partial charge in [0.15, 0.2) is 0 Å². The van der Waals surface area contributed by atoms with Crippen LogP contribution < -0.4 is 5.32 Å². The molecule has 0 aromatic rings. The Hall–Kier alpha value is -0.570. The lowest BCUT2D eigenvalue weighted by molar-refractivity contribution is -0.140. The van der Waals surface area contributed by atoms with Gasteiger partial charge in [-0.25, -0.2) is 0 Å². The molecule has 0 amide bonds. The van der Waals surface area contributed by atoms with E-state index >= 15 is 0 Å². The Bertz CT molecular complexity index is 206. The molecule has 0 aromatic carbocycles. The molecule has 1 saturated carbocycles. The maximum absolute atomic E-state index is 10.9. The van der Waals surface area contributed by atoms with E-state index in [1.54, 1.807) is 0 Å². The molecule has 0 aromatic heterocycles. The first-order valence-electron chi connectivity index (χ1n) is 5.99. The molecule has 0 spiro atoms. The SMILES string of the molecule is CCC1CCC(NCCC(=O)OC)C1C. The lowest BCUT2D eigenvalue weighted by Gasteiger charge is -2.20. The second-order valence-corrected chi connectivity index (χ2v) is 4.49. The highest BCUT2D eigenvalue weighted by molar-refractivity contribution is 5.69. The van der Waals surface area contributed by atoms with Gasteiger partial charge in [-0.3, -0.25) is 4.79 Å². The van der Waals surface area contributed by atoms with Crippen LogP contribution in [0.4, 0.5) is 0 Å². The van der Waals surface area contributed by atoms with Crippen LogP contribution in [0.5, 0.6) is 0 Å². The summed E-state index contributed by atoms with van der Waals surface area (Å²) in [5, 5.41) is 3.46. The van der Waals surface area contributed by atoms with Gasteiger partial charge in [-0.05, 0) is 24.7 Å². The van der Waals surface area contributed by atoms with Crippen LogP contribution in [0.2, 0.25) is 0 Å². The molecule has 1 aliphatic carbocycles. The maximum Gasteiger partial charge on any atom is 0.306 e. The molecule has 3 atom stereocenters. The van der Waals surface area contributed by atoms with Crippen molar-refractivity contribution in [1.29, 1.82) is 0 Å². The summed E-state index contributed by atoms with van der Waals surface area (Å²) in [6.45, 7) is 5.33. The van der Waals surface area contributed by atoms with Crippen molar-refractivity contribution in [3.8, 4) is 0 Å². The van der Waals surface area contributed by atoms with Crippen LogP contribution in [0, 0.1) is 11.8 Å². The number of carbonyl (C=O) groups excluding carboxylic acids is 1. The zero-order valence-corrected chi connectivity index (χ0v) is 10.1. The highest BCUT2D eigenvalue weighted by Crippen LogP contribution is 2.33. The molecule has 1 rings (SSSR count). The number of methoxy groups -OCH3 is 1.